The fourth-order valence-corrected chi connectivity index (χ4v) is 3.88. The van der Waals surface area contributed by atoms with Crippen molar-refractivity contribution in [2.45, 2.75) is 52.6 Å². The van der Waals surface area contributed by atoms with Gasteiger partial charge in [-0.1, -0.05) is 0 Å². The van der Waals surface area contributed by atoms with E-state index >= 15 is 0 Å². The molecule has 4 heteroatoms. The molecular weight excluding hydrogens is 274 g/mol. The molecule has 0 radical (unpaired) electrons. The molecule has 0 aliphatic carbocycles. The third-order valence-corrected chi connectivity index (χ3v) is 4.84. The molecule has 0 bridgehead atoms. The van der Waals surface area contributed by atoms with Crippen molar-refractivity contribution in [3.63, 3.8) is 0 Å². The fraction of sp³-hybridized carbons (Fsp3) is 0.944. The summed E-state index contributed by atoms with van der Waals surface area (Å²) in [5.74, 6) is 0. The van der Waals surface area contributed by atoms with Crippen LogP contribution in [0.15, 0.2) is 0 Å². The van der Waals surface area contributed by atoms with E-state index in [2.05, 4.69) is 53.0 Å². The van der Waals surface area contributed by atoms with Gasteiger partial charge in [0.1, 0.15) is 18.2 Å². The summed E-state index contributed by atoms with van der Waals surface area (Å²) < 4.78 is 5.93. The Labute approximate surface area is 137 Å². The normalized spacial score (nSPS) is 25.5. The second-order valence-corrected chi connectivity index (χ2v) is 7.94. The molecule has 0 unspecified atom stereocenters. The van der Waals surface area contributed by atoms with Crippen molar-refractivity contribution in [1.29, 1.82) is 0 Å². The Balaban J connectivity index is 2.56. The minimum atomic E-state index is -0.00273. The Kier molecular flexibility index (Phi) is 8.01. The van der Waals surface area contributed by atoms with E-state index in [0.29, 0.717) is 0 Å². The van der Waals surface area contributed by atoms with Crippen LogP contribution in [0.4, 0.5) is 0 Å². The van der Waals surface area contributed by atoms with E-state index in [4.69, 9.17) is 4.74 Å². The molecular formula is C18H40N3O+3. The Morgan fingerprint density at radius 1 is 1.18 bits per heavy atom. The molecule has 1 saturated heterocycles. The Bertz CT molecular complexity index is 337. The second kappa shape index (κ2) is 8.99. The topological polar surface area (TPSA) is 32.1 Å². The van der Waals surface area contributed by atoms with E-state index in [1.54, 1.807) is 4.90 Å². The van der Waals surface area contributed by atoms with Crippen LogP contribution in [-0.2, 0) is 4.74 Å². The number of quaternary nitrogens is 2. The zero-order chi connectivity index (χ0) is 16.6. The molecule has 130 valence electrons. The zero-order valence-electron chi connectivity index (χ0n) is 15.8. The first-order valence-corrected chi connectivity index (χ1v) is 9.17. The van der Waals surface area contributed by atoms with Crippen LogP contribution in [0.2, 0.25) is 0 Å². The molecule has 0 aromatic carbocycles. The van der Waals surface area contributed by atoms with Gasteiger partial charge in [0.05, 0.1) is 52.3 Å². The Morgan fingerprint density at radius 2 is 1.86 bits per heavy atom. The van der Waals surface area contributed by atoms with Gasteiger partial charge in [0.25, 0.3) is 0 Å². The average Bonchev–Trinajstić information content (AvgIpc) is 2.41. The number of hydrogen-bond acceptors (Lipinski definition) is 1. The molecule has 3 N–H and O–H groups in total. The quantitative estimate of drug-likeness (QED) is 0.340. The van der Waals surface area contributed by atoms with Crippen molar-refractivity contribution >= 4 is 6.21 Å². The monoisotopic (exact) mass is 314 g/mol. The largest absolute Gasteiger partial charge is 0.375 e. The predicted octanol–water partition coefficient (Wildman–Crippen LogP) is -1.83. The van der Waals surface area contributed by atoms with E-state index in [1.165, 1.54) is 37.5 Å². The van der Waals surface area contributed by atoms with Crippen LogP contribution >= 0.6 is 0 Å². The van der Waals surface area contributed by atoms with Crippen LogP contribution in [0, 0.1) is 5.41 Å². The van der Waals surface area contributed by atoms with Gasteiger partial charge in [-0.05, 0) is 40.5 Å². The molecule has 0 spiro atoms. The lowest BCUT2D eigenvalue weighted by molar-refractivity contribution is -0.897. The van der Waals surface area contributed by atoms with Gasteiger partial charge in [-0.15, -0.1) is 0 Å². The zero-order valence-corrected chi connectivity index (χ0v) is 15.8. The van der Waals surface area contributed by atoms with Crippen LogP contribution in [0.5, 0.6) is 0 Å². The first-order valence-electron chi connectivity index (χ1n) is 9.17. The van der Waals surface area contributed by atoms with E-state index in [0.717, 1.165) is 26.0 Å². The number of rotatable bonds is 9. The molecule has 1 heterocycles. The summed E-state index contributed by atoms with van der Waals surface area (Å²) in [5, 5.41) is 0. The third-order valence-electron chi connectivity index (χ3n) is 4.84. The predicted molar refractivity (Wildman–Crippen MR) is 92.8 cm³/mol. The third kappa shape index (κ3) is 6.76. The van der Waals surface area contributed by atoms with Gasteiger partial charge >= 0.3 is 0 Å². The summed E-state index contributed by atoms with van der Waals surface area (Å²) >= 11 is 0. The molecule has 1 aliphatic rings. The molecule has 1 atom stereocenters. The SMILES string of the molecule is CC[NH+](CC)CCC[NH+]=C[C@]1(C[NH+](C)C)CCOC(C)(C)C1. The lowest BCUT2D eigenvalue weighted by Crippen LogP contribution is -3.11. The van der Waals surface area contributed by atoms with Gasteiger partial charge in [-0.3, -0.25) is 4.99 Å². The fourth-order valence-electron chi connectivity index (χ4n) is 3.88. The number of hydrogen-bond donors (Lipinski definition) is 3. The maximum Gasteiger partial charge on any atom is 0.150 e. The van der Waals surface area contributed by atoms with Crippen molar-refractivity contribution in [3.05, 3.63) is 0 Å². The lowest BCUT2D eigenvalue weighted by Gasteiger charge is -2.41. The average molecular weight is 315 g/mol. The molecule has 0 aromatic rings. The first kappa shape index (κ1) is 19.6. The molecule has 0 saturated carbocycles. The number of ether oxygens (including phenoxy) is 1. The summed E-state index contributed by atoms with van der Waals surface area (Å²) in [6.07, 6.45) is 5.90. The van der Waals surface area contributed by atoms with Crippen molar-refractivity contribution < 1.29 is 19.5 Å². The van der Waals surface area contributed by atoms with Gasteiger partial charge in [0, 0.05) is 6.61 Å². The summed E-state index contributed by atoms with van der Waals surface area (Å²) in [4.78, 5) is 6.85. The highest BCUT2D eigenvalue weighted by atomic mass is 16.5. The maximum atomic E-state index is 5.93. The van der Waals surface area contributed by atoms with Gasteiger partial charge in [0.2, 0.25) is 0 Å². The van der Waals surface area contributed by atoms with E-state index in [-0.39, 0.29) is 11.0 Å². The van der Waals surface area contributed by atoms with Gasteiger partial charge in [-0.2, -0.15) is 0 Å². The molecule has 0 aromatic heterocycles. The smallest absolute Gasteiger partial charge is 0.150 e. The Hall–Kier alpha value is -0.450. The molecule has 4 nitrogen and oxygen atoms in total. The van der Waals surface area contributed by atoms with E-state index in [1.807, 2.05) is 0 Å². The molecule has 0 amide bonds. The van der Waals surface area contributed by atoms with Gasteiger partial charge in [0.15, 0.2) is 0 Å². The van der Waals surface area contributed by atoms with Crippen molar-refractivity contribution in [3.8, 4) is 0 Å². The summed E-state index contributed by atoms with van der Waals surface area (Å²) in [6.45, 7) is 15.9. The van der Waals surface area contributed by atoms with Crippen molar-refractivity contribution in [1.82, 2.24) is 0 Å². The molecule has 22 heavy (non-hydrogen) atoms. The van der Waals surface area contributed by atoms with Crippen LogP contribution in [0.1, 0.15) is 47.0 Å². The highest BCUT2D eigenvalue weighted by molar-refractivity contribution is 5.60. The maximum absolute atomic E-state index is 5.93. The van der Waals surface area contributed by atoms with Crippen molar-refractivity contribution in [2.75, 3.05) is 53.4 Å². The van der Waals surface area contributed by atoms with E-state index in [9.17, 15) is 0 Å². The lowest BCUT2D eigenvalue weighted by atomic mass is 9.74. The standard InChI is InChI=1S/C18H37N3O/c1-7-21(8-2)12-9-11-19-15-18(16-20(5)6)10-13-22-17(3,4)14-18/h15H,7-14,16H2,1-6H3/p+3/t18-/m0/s1. The minimum Gasteiger partial charge on any atom is -0.375 e. The van der Waals surface area contributed by atoms with Gasteiger partial charge in [-0.25, -0.2) is 0 Å². The summed E-state index contributed by atoms with van der Waals surface area (Å²) in [5.41, 5.74) is 0.264. The molecule has 1 aliphatic heterocycles. The van der Waals surface area contributed by atoms with Crippen LogP contribution in [-0.4, -0.2) is 65.2 Å². The minimum absolute atomic E-state index is 0.00273. The highest BCUT2D eigenvalue weighted by Crippen LogP contribution is 2.35. The second-order valence-electron chi connectivity index (χ2n) is 7.94. The van der Waals surface area contributed by atoms with Crippen LogP contribution < -0.4 is 14.8 Å². The van der Waals surface area contributed by atoms with Gasteiger partial charge < -0.3 is 14.5 Å². The highest BCUT2D eigenvalue weighted by Gasteiger charge is 2.44. The summed E-state index contributed by atoms with van der Waals surface area (Å²) in [7, 11) is 4.50. The van der Waals surface area contributed by atoms with Crippen LogP contribution in [0.25, 0.3) is 0 Å². The van der Waals surface area contributed by atoms with Crippen molar-refractivity contribution in [2.24, 2.45) is 5.41 Å². The van der Waals surface area contributed by atoms with Crippen LogP contribution in [0.3, 0.4) is 0 Å². The number of nitrogens with one attached hydrogen (secondary N) is 3. The molecule has 1 rings (SSSR count). The van der Waals surface area contributed by atoms with E-state index < -0.39 is 0 Å². The molecule has 1 fully saturated rings. The summed E-state index contributed by atoms with van der Waals surface area (Å²) in [6, 6.07) is 0. The first-order chi connectivity index (χ1) is 10.3. The Morgan fingerprint density at radius 3 is 2.41 bits per heavy atom.